The number of rotatable bonds is 5. The maximum atomic E-state index is 11.0. The van der Waals surface area contributed by atoms with Gasteiger partial charge in [-0.3, -0.25) is 4.79 Å². The highest BCUT2D eigenvalue weighted by molar-refractivity contribution is 7.80. The number of hydrogen-bond donors (Lipinski definition) is 3. The SMILES string of the molecule is CCN[C@@](CS)(C(=O)O)C1CC1. The van der Waals surface area contributed by atoms with Gasteiger partial charge in [0.1, 0.15) is 5.54 Å². The van der Waals surface area contributed by atoms with E-state index in [9.17, 15) is 4.79 Å². The van der Waals surface area contributed by atoms with Crippen molar-refractivity contribution in [2.24, 2.45) is 5.92 Å². The van der Waals surface area contributed by atoms with Crippen LogP contribution in [-0.4, -0.2) is 28.9 Å². The number of carbonyl (C=O) groups is 1. The molecule has 0 heterocycles. The van der Waals surface area contributed by atoms with Crippen LogP contribution in [0, 0.1) is 5.92 Å². The predicted octanol–water partition coefficient (Wildman–Crippen LogP) is 0.759. The standard InChI is InChI=1S/C8H15NO2S/c1-2-9-8(5-12,7(10)11)6-3-4-6/h6,9,12H,2-5H2,1H3,(H,10,11)/t8-/m1/s1. The molecular formula is C8H15NO2S. The first-order valence-corrected chi connectivity index (χ1v) is 4.90. The van der Waals surface area contributed by atoms with Crippen molar-refractivity contribution in [2.75, 3.05) is 12.3 Å². The Balaban J connectivity index is 2.71. The van der Waals surface area contributed by atoms with E-state index in [0.29, 0.717) is 12.3 Å². The molecule has 0 aromatic heterocycles. The number of thiol groups is 1. The molecule has 0 unspecified atom stereocenters. The number of likely N-dealkylation sites (N-methyl/N-ethyl adjacent to an activating group) is 1. The van der Waals surface area contributed by atoms with E-state index in [1.807, 2.05) is 6.92 Å². The third kappa shape index (κ3) is 1.59. The Morgan fingerprint density at radius 1 is 1.75 bits per heavy atom. The minimum absolute atomic E-state index is 0.285. The molecule has 0 aromatic carbocycles. The minimum atomic E-state index is -0.766. The molecule has 1 aliphatic rings. The fraction of sp³-hybridized carbons (Fsp3) is 0.875. The summed E-state index contributed by atoms with van der Waals surface area (Å²) in [5.41, 5.74) is -0.766. The normalized spacial score (nSPS) is 21.8. The maximum Gasteiger partial charge on any atom is 0.325 e. The highest BCUT2D eigenvalue weighted by Crippen LogP contribution is 2.40. The molecule has 1 rings (SSSR count). The zero-order valence-corrected chi connectivity index (χ0v) is 8.10. The lowest BCUT2D eigenvalue weighted by Gasteiger charge is -2.28. The molecule has 0 radical (unpaired) electrons. The van der Waals surface area contributed by atoms with Crippen molar-refractivity contribution in [1.29, 1.82) is 0 Å². The fourth-order valence-corrected chi connectivity index (χ4v) is 2.04. The fourth-order valence-electron chi connectivity index (χ4n) is 1.54. The Labute approximate surface area is 77.9 Å². The zero-order valence-electron chi connectivity index (χ0n) is 7.21. The van der Waals surface area contributed by atoms with Crippen LogP contribution in [-0.2, 0) is 4.79 Å². The Morgan fingerprint density at radius 3 is 2.58 bits per heavy atom. The van der Waals surface area contributed by atoms with Gasteiger partial charge in [-0.1, -0.05) is 6.92 Å². The van der Waals surface area contributed by atoms with E-state index >= 15 is 0 Å². The van der Waals surface area contributed by atoms with Crippen molar-refractivity contribution >= 4 is 18.6 Å². The highest BCUT2D eigenvalue weighted by atomic mass is 32.1. The van der Waals surface area contributed by atoms with Gasteiger partial charge in [0, 0.05) is 5.75 Å². The van der Waals surface area contributed by atoms with Gasteiger partial charge in [-0.15, -0.1) is 0 Å². The van der Waals surface area contributed by atoms with E-state index in [1.54, 1.807) is 0 Å². The smallest absolute Gasteiger partial charge is 0.325 e. The largest absolute Gasteiger partial charge is 0.480 e. The molecule has 0 saturated heterocycles. The summed E-state index contributed by atoms with van der Waals surface area (Å²) >= 11 is 4.11. The molecule has 2 N–H and O–H groups in total. The van der Waals surface area contributed by atoms with Crippen LogP contribution in [0.1, 0.15) is 19.8 Å². The molecule has 3 nitrogen and oxygen atoms in total. The lowest BCUT2D eigenvalue weighted by molar-refractivity contribution is -0.144. The van der Waals surface area contributed by atoms with Gasteiger partial charge >= 0.3 is 5.97 Å². The lowest BCUT2D eigenvalue weighted by Crippen LogP contribution is -2.55. The van der Waals surface area contributed by atoms with Crippen molar-refractivity contribution < 1.29 is 9.90 Å². The molecule has 12 heavy (non-hydrogen) atoms. The van der Waals surface area contributed by atoms with E-state index < -0.39 is 11.5 Å². The van der Waals surface area contributed by atoms with E-state index in [1.165, 1.54) is 0 Å². The molecule has 1 saturated carbocycles. The van der Waals surface area contributed by atoms with Gasteiger partial charge in [0.2, 0.25) is 0 Å². The number of nitrogens with one attached hydrogen (secondary N) is 1. The summed E-state index contributed by atoms with van der Waals surface area (Å²) in [7, 11) is 0. The topological polar surface area (TPSA) is 49.3 Å². The molecule has 1 fully saturated rings. The summed E-state index contributed by atoms with van der Waals surface area (Å²) < 4.78 is 0. The third-order valence-corrected chi connectivity index (χ3v) is 2.90. The van der Waals surface area contributed by atoms with Gasteiger partial charge in [-0.25, -0.2) is 0 Å². The minimum Gasteiger partial charge on any atom is -0.480 e. The van der Waals surface area contributed by atoms with Crippen molar-refractivity contribution in [2.45, 2.75) is 25.3 Å². The van der Waals surface area contributed by atoms with E-state index in [-0.39, 0.29) is 5.92 Å². The summed E-state index contributed by atoms with van der Waals surface area (Å²) in [6.07, 6.45) is 2.03. The molecule has 0 aliphatic heterocycles. The molecule has 4 heteroatoms. The van der Waals surface area contributed by atoms with Gasteiger partial charge in [0.15, 0.2) is 0 Å². The van der Waals surface area contributed by atoms with Crippen LogP contribution in [0.5, 0.6) is 0 Å². The molecular weight excluding hydrogens is 174 g/mol. The monoisotopic (exact) mass is 189 g/mol. The quantitative estimate of drug-likeness (QED) is 0.560. The van der Waals surface area contributed by atoms with Gasteiger partial charge in [0.05, 0.1) is 0 Å². The first-order chi connectivity index (χ1) is 5.67. The third-order valence-electron chi connectivity index (χ3n) is 2.40. The van der Waals surface area contributed by atoms with Crippen LogP contribution in [0.3, 0.4) is 0 Å². The number of aliphatic carboxylic acids is 1. The number of hydrogen-bond acceptors (Lipinski definition) is 3. The molecule has 70 valence electrons. The molecule has 0 bridgehead atoms. The van der Waals surface area contributed by atoms with Crippen LogP contribution in [0.15, 0.2) is 0 Å². The summed E-state index contributed by atoms with van der Waals surface area (Å²) in [6.45, 7) is 2.60. The van der Waals surface area contributed by atoms with Crippen LogP contribution in [0.25, 0.3) is 0 Å². The van der Waals surface area contributed by atoms with Crippen molar-refractivity contribution in [3.8, 4) is 0 Å². The van der Waals surface area contributed by atoms with Crippen LogP contribution >= 0.6 is 12.6 Å². The average Bonchev–Trinajstić information content (AvgIpc) is 2.82. The first-order valence-electron chi connectivity index (χ1n) is 4.26. The van der Waals surface area contributed by atoms with Crippen LogP contribution < -0.4 is 5.32 Å². The predicted molar refractivity (Wildman–Crippen MR) is 50.6 cm³/mol. The first kappa shape index (κ1) is 9.86. The molecule has 0 amide bonds. The van der Waals surface area contributed by atoms with Gasteiger partial charge in [-0.2, -0.15) is 12.6 Å². The summed E-state index contributed by atoms with van der Waals surface area (Å²) in [5.74, 6) is -0.102. The Kier molecular flexibility index (Phi) is 3.01. The molecule has 1 aliphatic carbocycles. The molecule has 1 atom stereocenters. The Bertz CT molecular complexity index is 182. The van der Waals surface area contributed by atoms with Gasteiger partial charge in [-0.05, 0) is 25.3 Å². The highest BCUT2D eigenvalue weighted by Gasteiger charge is 2.49. The van der Waals surface area contributed by atoms with Gasteiger partial charge in [0.25, 0.3) is 0 Å². The van der Waals surface area contributed by atoms with Crippen LogP contribution in [0.2, 0.25) is 0 Å². The Morgan fingerprint density at radius 2 is 2.33 bits per heavy atom. The lowest BCUT2D eigenvalue weighted by atomic mass is 9.96. The summed E-state index contributed by atoms with van der Waals surface area (Å²) in [6, 6.07) is 0. The average molecular weight is 189 g/mol. The summed E-state index contributed by atoms with van der Waals surface area (Å²) in [4.78, 5) is 11.0. The second kappa shape index (κ2) is 3.66. The van der Waals surface area contributed by atoms with Crippen molar-refractivity contribution in [3.05, 3.63) is 0 Å². The van der Waals surface area contributed by atoms with Crippen molar-refractivity contribution in [1.82, 2.24) is 5.32 Å². The number of carboxylic acid groups (broad SMARTS) is 1. The molecule has 0 aromatic rings. The van der Waals surface area contributed by atoms with E-state index in [2.05, 4.69) is 17.9 Å². The zero-order chi connectivity index (χ0) is 9.19. The second-order valence-corrected chi connectivity index (χ2v) is 3.56. The number of carboxylic acids is 1. The van der Waals surface area contributed by atoms with Crippen LogP contribution in [0.4, 0.5) is 0 Å². The molecule has 0 spiro atoms. The van der Waals surface area contributed by atoms with Crippen molar-refractivity contribution in [3.63, 3.8) is 0 Å². The second-order valence-electron chi connectivity index (χ2n) is 3.24. The van der Waals surface area contributed by atoms with E-state index in [0.717, 1.165) is 12.8 Å². The summed E-state index contributed by atoms with van der Waals surface area (Å²) in [5, 5.41) is 12.1. The van der Waals surface area contributed by atoms with E-state index in [4.69, 9.17) is 5.11 Å². The van der Waals surface area contributed by atoms with Gasteiger partial charge < -0.3 is 10.4 Å². The Hall–Kier alpha value is -0.220. The maximum absolute atomic E-state index is 11.0.